The summed E-state index contributed by atoms with van der Waals surface area (Å²) in [7, 11) is 0. The van der Waals surface area contributed by atoms with Crippen LogP contribution in [-0.2, 0) is 17.9 Å². The van der Waals surface area contributed by atoms with Crippen molar-refractivity contribution >= 4 is 28.6 Å². The predicted molar refractivity (Wildman–Crippen MR) is 111 cm³/mol. The van der Waals surface area contributed by atoms with Gasteiger partial charge in [0, 0.05) is 19.7 Å². The van der Waals surface area contributed by atoms with E-state index in [-0.39, 0.29) is 30.4 Å². The number of hydrogen-bond donors (Lipinski definition) is 2. The molecule has 0 radical (unpaired) electrons. The molecule has 0 aliphatic heterocycles. The first-order chi connectivity index (χ1) is 14.0. The Morgan fingerprint density at radius 3 is 2.69 bits per heavy atom. The van der Waals surface area contributed by atoms with Crippen LogP contribution < -0.4 is 10.9 Å². The Bertz CT molecular complexity index is 1050. The van der Waals surface area contributed by atoms with Gasteiger partial charge in [0.15, 0.2) is 5.16 Å². The van der Waals surface area contributed by atoms with Gasteiger partial charge in [0.2, 0.25) is 5.91 Å². The Morgan fingerprint density at radius 2 is 1.97 bits per heavy atom. The molecule has 1 amide bonds. The number of carbonyl (C=O) groups is 1. The van der Waals surface area contributed by atoms with E-state index in [1.54, 1.807) is 43.3 Å². The van der Waals surface area contributed by atoms with E-state index in [0.29, 0.717) is 29.0 Å². The molecule has 6 nitrogen and oxygen atoms in total. The van der Waals surface area contributed by atoms with E-state index >= 15 is 0 Å². The summed E-state index contributed by atoms with van der Waals surface area (Å²) < 4.78 is 14.5. The van der Waals surface area contributed by atoms with E-state index in [4.69, 9.17) is 5.11 Å². The van der Waals surface area contributed by atoms with E-state index < -0.39 is 5.25 Å². The fourth-order valence-electron chi connectivity index (χ4n) is 2.81. The molecule has 0 spiro atoms. The first-order valence-electron chi connectivity index (χ1n) is 9.29. The predicted octanol–water partition coefficient (Wildman–Crippen LogP) is 2.72. The summed E-state index contributed by atoms with van der Waals surface area (Å²) in [5, 5.41) is 12.4. The van der Waals surface area contributed by atoms with Gasteiger partial charge in [0.05, 0.1) is 16.2 Å². The quantitative estimate of drug-likeness (QED) is 0.437. The zero-order chi connectivity index (χ0) is 20.8. The summed E-state index contributed by atoms with van der Waals surface area (Å²) in [5.41, 5.74) is 1.17. The van der Waals surface area contributed by atoms with Crippen LogP contribution in [-0.4, -0.2) is 32.4 Å². The Kier molecular flexibility index (Phi) is 7.00. The normalized spacial score (nSPS) is 12.1. The SMILES string of the molecule is C[C@H](Sc1nc2ccccc2c(=O)n1CCCO)C(=O)NCc1ccc(F)cc1. The lowest BCUT2D eigenvalue weighted by Gasteiger charge is -2.16. The van der Waals surface area contributed by atoms with Crippen LogP contribution >= 0.6 is 11.8 Å². The maximum Gasteiger partial charge on any atom is 0.262 e. The number of amides is 1. The number of nitrogens with one attached hydrogen (secondary N) is 1. The van der Waals surface area contributed by atoms with Gasteiger partial charge in [0.25, 0.3) is 5.56 Å². The summed E-state index contributed by atoms with van der Waals surface area (Å²) in [6.45, 7) is 2.30. The van der Waals surface area contributed by atoms with Crippen molar-refractivity contribution in [1.29, 1.82) is 0 Å². The molecule has 8 heteroatoms. The number of hydrogen-bond acceptors (Lipinski definition) is 5. The van der Waals surface area contributed by atoms with E-state index in [0.717, 1.165) is 5.56 Å². The second-order valence-corrected chi connectivity index (χ2v) is 7.86. The van der Waals surface area contributed by atoms with Crippen molar-refractivity contribution in [3.05, 3.63) is 70.3 Å². The maximum absolute atomic E-state index is 13.0. The number of aliphatic hydroxyl groups excluding tert-OH is 1. The lowest BCUT2D eigenvalue weighted by molar-refractivity contribution is -0.120. The van der Waals surface area contributed by atoms with Gasteiger partial charge in [-0.3, -0.25) is 14.2 Å². The van der Waals surface area contributed by atoms with Crippen molar-refractivity contribution in [2.45, 2.75) is 36.8 Å². The van der Waals surface area contributed by atoms with Crippen LogP contribution in [0.1, 0.15) is 18.9 Å². The van der Waals surface area contributed by atoms with E-state index in [9.17, 15) is 14.0 Å². The minimum Gasteiger partial charge on any atom is -0.396 e. The largest absolute Gasteiger partial charge is 0.396 e. The fourth-order valence-corrected chi connectivity index (χ4v) is 3.77. The Hall–Kier alpha value is -2.71. The molecular weight excluding hydrogens is 393 g/mol. The third kappa shape index (κ3) is 5.21. The zero-order valence-corrected chi connectivity index (χ0v) is 16.8. The fraction of sp³-hybridized carbons (Fsp3) is 0.286. The third-order valence-corrected chi connectivity index (χ3v) is 5.49. The van der Waals surface area contributed by atoms with Gasteiger partial charge in [0.1, 0.15) is 5.82 Å². The number of para-hydroxylation sites is 1. The molecule has 3 rings (SSSR count). The highest BCUT2D eigenvalue weighted by atomic mass is 32.2. The molecule has 0 saturated carbocycles. The topological polar surface area (TPSA) is 84.2 Å². The Morgan fingerprint density at radius 1 is 1.24 bits per heavy atom. The smallest absolute Gasteiger partial charge is 0.262 e. The molecule has 3 aromatic rings. The van der Waals surface area contributed by atoms with E-state index in [1.165, 1.54) is 28.5 Å². The number of rotatable bonds is 8. The van der Waals surface area contributed by atoms with Crippen LogP contribution in [0.4, 0.5) is 4.39 Å². The lowest BCUT2D eigenvalue weighted by Crippen LogP contribution is -2.31. The van der Waals surface area contributed by atoms with Crippen LogP contribution in [0, 0.1) is 5.82 Å². The molecule has 2 N–H and O–H groups in total. The first kappa shape index (κ1) is 21.0. The Labute approximate surface area is 171 Å². The monoisotopic (exact) mass is 415 g/mol. The second kappa shape index (κ2) is 9.67. The number of aromatic nitrogens is 2. The lowest BCUT2D eigenvalue weighted by atomic mass is 10.2. The number of carbonyl (C=O) groups excluding carboxylic acids is 1. The van der Waals surface area contributed by atoms with Gasteiger partial charge >= 0.3 is 0 Å². The van der Waals surface area contributed by atoms with Gasteiger partial charge in [-0.05, 0) is 43.2 Å². The van der Waals surface area contributed by atoms with Gasteiger partial charge in [-0.25, -0.2) is 9.37 Å². The van der Waals surface area contributed by atoms with Crippen molar-refractivity contribution in [2.24, 2.45) is 0 Å². The van der Waals surface area contributed by atoms with Crippen molar-refractivity contribution in [2.75, 3.05) is 6.61 Å². The minimum atomic E-state index is -0.496. The highest BCUT2D eigenvalue weighted by Gasteiger charge is 2.19. The van der Waals surface area contributed by atoms with Crippen LogP contribution in [0.25, 0.3) is 10.9 Å². The molecular formula is C21H22FN3O3S. The standard InChI is InChI=1S/C21H22FN3O3S/c1-14(19(27)23-13-15-7-9-16(22)10-8-15)29-21-24-18-6-3-2-5-17(18)20(28)25(21)11-4-12-26/h2-3,5-10,14,26H,4,11-13H2,1H3,(H,23,27)/t14-/m0/s1. The number of benzene rings is 2. The molecule has 1 heterocycles. The molecule has 1 atom stereocenters. The van der Waals surface area contributed by atoms with Crippen molar-refractivity contribution in [3.8, 4) is 0 Å². The number of aliphatic hydroxyl groups is 1. The molecule has 0 saturated heterocycles. The molecule has 0 bridgehead atoms. The van der Waals surface area contributed by atoms with E-state index in [2.05, 4.69) is 10.3 Å². The van der Waals surface area contributed by atoms with E-state index in [1.807, 2.05) is 0 Å². The zero-order valence-electron chi connectivity index (χ0n) is 16.0. The highest BCUT2D eigenvalue weighted by molar-refractivity contribution is 8.00. The van der Waals surface area contributed by atoms with Crippen molar-refractivity contribution < 1.29 is 14.3 Å². The van der Waals surface area contributed by atoms with Crippen LogP contribution in [0.3, 0.4) is 0 Å². The molecule has 0 unspecified atom stereocenters. The molecule has 0 aliphatic carbocycles. The maximum atomic E-state index is 13.0. The number of nitrogens with zero attached hydrogens (tertiary/aromatic N) is 2. The summed E-state index contributed by atoms with van der Waals surface area (Å²) in [4.78, 5) is 29.9. The second-order valence-electron chi connectivity index (χ2n) is 6.55. The van der Waals surface area contributed by atoms with Gasteiger partial charge < -0.3 is 10.4 Å². The van der Waals surface area contributed by atoms with Gasteiger partial charge in [-0.2, -0.15) is 0 Å². The van der Waals surface area contributed by atoms with Gasteiger partial charge in [-0.15, -0.1) is 0 Å². The van der Waals surface area contributed by atoms with Crippen LogP contribution in [0.15, 0.2) is 58.5 Å². The number of halogens is 1. The molecule has 0 aliphatic rings. The van der Waals surface area contributed by atoms with Gasteiger partial charge in [-0.1, -0.05) is 36.0 Å². The first-order valence-corrected chi connectivity index (χ1v) is 10.2. The molecule has 29 heavy (non-hydrogen) atoms. The average molecular weight is 415 g/mol. The average Bonchev–Trinajstić information content (AvgIpc) is 2.73. The summed E-state index contributed by atoms with van der Waals surface area (Å²) in [6.07, 6.45) is 0.415. The summed E-state index contributed by atoms with van der Waals surface area (Å²) in [5.74, 6) is -0.539. The molecule has 152 valence electrons. The number of thioether (sulfide) groups is 1. The number of fused-ring (bicyclic) bond motifs is 1. The molecule has 1 aromatic heterocycles. The van der Waals surface area contributed by atoms with Crippen LogP contribution in [0.2, 0.25) is 0 Å². The molecule has 2 aromatic carbocycles. The summed E-state index contributed by atoms with van der Waals surface area (Å²) in [6, 6.07) is 13.0. The van der Waals surface area contributed by atoms with Crippen molar-refractivity contribution in [1.82, 2.24) is 14.9 Å². The third-order valence-electron chi connectivity index (χ3n) is 4.40. The van der Waals surface area contributed by atoms with Crippen LogP contribution in [0.5, 0.6) is 0 Å². The Balaban J connectivity index is 1.77. The van der Waals surface area contributed by atoms with Crippen molar-refractivity contribution in [3.63, 3.8) is 0 Å². The molecule has 0 fully saturated rings. The minimum absolute atomic E-state index is 0.0446. The summed E-state index contributed by atoms with van der Waals surface area (Å²) >= 11 is 1.19. The highest BCUT2D eigenvalue weighted by Crippen LogP contribution is 2.23.